The summed E-state index contributed by atoms with van der Waals surface area (Å²) in [6, 6.07) is 11.3. The number of nitrogens with one attached hydrogen (secondary N) is 1. The molecule has 0 saturated heterocycles. The molecule has 0 fully saturated rings. The van der Waals surface area contributed by atoms with Crippen LogP contribution in [0, 0.1) is 0 Å². The van der Waals surface area contributed by atoms with E-state index in [0.29, 0.717) is 0 Å². The molecule has 0 amide bonds. The van der Waals surface area contributed by atoms with Gasteiger partial charge in [-0.3, -0.25) is 0 Å². The molecule has 0 unspecified atom stereocenters. The number of hydrogen-bond acceptors (Lipinski definition) is 2. The summed E-state index contributed by atoms with van der Waals surface area (Å²) < 4.78 is 1.17. The van der Waals surface area contributed by atoms with Crippen molar-refractivity contribution in [1.29, 1.82) is 0 Å². The van der Waals surface area contributed by atoms with Crippen LogP contribution in [0.5, 0.6) is 0 Å². The highest BCUT2D eigenvalue weighted by Crippen LogP contribution is 2.19. The highest BCUT2D eigenvalue weighted by molar-refractivity contribution is 9.10. The lowest BCUT2D eigenvalue weighted by molar-refractivity contribution is 0.701. The quantitative estimate of drug-likeness (QED) is 0.788. The van der Waals surface area contributed by atoms with Gasteiger partial charge in [-0.1, -0.05) is 49.1 Å². The summed E-state index contributed by atoms with van der Waals surface area (Å²) in [5.41, 5.74) is 1.36. The molecule has 19 heavy (non-hydrogen) atoms. The van der Waals surface area contributed by atoms with Gasteiger partial charge in [0.25, 0.3) is 0 Å². The summed E-state index contributed by atoms with van der Waals surface area (Å²) in [6.45, 7) is 9.02. The van der Waals surface area contributed by atoms with Gasteiger partial charge in [0.05, 0.1) is 8.07 Å². The van der Waals surface area contributed by atoms with Gasteiger partial charge in [0, 0.05) is 27.8 Å². The van der Waals surface area contributed by atoms with E-state index in [2.05, 4.69) is 76.6 Å². The fourth-order valence-electron chi connectivity index (χ4n) is 1.90. The zero-order valence-electron chi connectivity index (χ0n) is 11.7. The second-order valence-corrected chi connectivity index (χ2v) is 12.8. The van der Waals surface area contributed by atoms with Crippen molar-refractivity contribution in [3.63, 3.8) is 0 Å². The van der Waals surface area contributed by atoms with Crippen LogP contribution in [-0.2, 0) is 13.1 Å². The van der Waals surface area contributed by atoms with Gasteiger partial charge in [-0.05, 0) is 27.6 Å². The van der Waals surface area contributed by atoms with Gasteiger partial charge in [-0.2, -0.15) is 0 Å². The second kappa shape index (κ2) is 6.35. The third kappa shape index (κ3) is 4.56. The van der Waals surface area contributed by atoms with Crippen molar-refractivity contribution in [3.8, 4) is 0 Å². The fraction of sp³-hybridized carbons (Fsp3) is 0.333. The van der Waals surface area contributed by atoms with E-state index in [9.17, 15) is 0 Å². The molecule has 0 aliphatic carbocycles. The van der Waals surface area contributed by atoms with Gasteiger partial charge in [0.2, 0.25) is 0 Å². The third-order valence-electron chi connectivity index (χ3n) is 3.07. The molecule has 1 aromatic heterocycles. The summed E-state index contributed by atoms with van der Waals surface area (Å²) >= 11 is 5.27. The Morgan fingerprint density at radius 3 is 2.32 bits per heavy atom. The molecular weight excluding hydrogens is 334 g/mol. The molecule has 1 nitrogen and oxygen atoms in total. The summed E-state index contributed by atoms with van der Waals surface area (Å²) in [6.07, 6.45) is 0. The number of thiophene rings is 1. The molecule has 0 aliphatic heterocycles. The van der Waals surface area contributed by atoms with Gasteiger partial charge >= 0.3 is 0 Å². The molecule has 4 heteroatoms. The third-order valence-corrected chi connectivity index (χ3v) is 6.83. The van der Waals surface area contributed by atoms with Crippen LogP contribution in [0.4, 0.5) is 0 Å². The van der Waals surface area contributed by atoms with E-state index in [1.54, 1.807) is 11.3 Å². The van der Waals surface area contributed by atoms with Crippen molar-refractivity contribution in [2.75, 3.05) is 0 Å². The van der Waals surface area contributed by atoms with Crippen LogP contribution >= 0.6 is 27.3 Å². The van der Waals surface area contributed by atoms with Crippen LogP contribution in [0.2, 0.25) is 19.6 Å². The molecule has 0 radical (unpaired) electrons. The van der Waals surface area contributed by atoms with Crippen molar-refractivity contribution < 1.29 is 0 Å². The number of hydrogen-bond donors (Lipinski definition) is 1. The monoisotopic (exact) mass is 353 g/mol. The first-order valence-corrected chi connectivity index (χ1v) is 11.7. The minimum atomic E-state index is -1.16. The van der Waals surface area contributed by atoms with Crippen LogP contribution in [-0.4, -0.2) is 8.07 Å². The normalized spacial score (nSPS) is 11.8. The second-order valence-electron chi connectivity index (χ2n) is 5.78. The average molecular weight is 354 g/mol. The molecule has 0 bridgehead atoms. The van der Waals surface area contributed by atoms with Crippen molar-refractivity contribution in [3.05, 3.63) is 50.6 Å². The van der Waals surface area contributed by atoms with E-state index >= 15 is 0 Å². The fourth-order valence-corrected chi connectivity index (χ4v) is 4.49. The van der Waals surface area contributed by atoms with E-state index < -0.39 is 8.07 Å². The summed E-state index contributed by atoms with van der Waals surface area (Å²) in [7, 11) is -1.16. The Bertz CT molecular complexity index is 528. The van der Waals surface area contributed by atoms with Crippen LogP contribution in [0.25, 0.3) is 0 Å². The molecular formula is C15H20BrNSSi. The van der Waals surface area contributed by atoms with Crippen molar-refractivity contribution in [2.45, 2.75) is 32.7 Å². The molecule has 0 aliphatic rings. The summed E-state index contributed by atoms with van der Waals surface area (Å²) in [5, 5.41) is 7.14. The number of halogens is 1. The van der Waals surface area contributed by atoms with Crippen LogP contribution in [0.1, 0.15) is 10.4 Å². The van der Waals surface area contributed by atoms with Crippen LogP contribution in [0.15, 0.2) is 40.2 Å². The van der Waals surface area contributed by atoms with Gasteiger partial charge in [0.1, 0.15) is 0 Å². The van der Waals surface area contributed by atoms with E-state index in [-0.39, 0.29) is 0 Å². The first-order valence-electron chi connectivity index (χ1n) is 6.48. The number of benzene rings is 1. The van der Waals surface area contributed by atoms with Gasteiger partial charge in [-0.25, -0.2) is 0 Å². The molecule has 1 aromatic carbocycles. The molecule has 0 atom stereocenters. The summed E-state index contributed by atoms with van der Waals surface area (Å²) in [5.74, 6) is 0. The average Bonchev–Trinajstić information content (AvgIpc) is 2.75. The maximum Gasteiger partial charge on any atom is 0.0775 e. The maximum atomic E-state index is 3.49. The van der Waals surface area contributed by atoms with Crippen LogP contribution < -0.4 is 10.5 Å². The molecule has 0 saturated carbocycles. The van der Waals surface area contributed by atoms with Gasteiger partial charge < -0.3 is 5.32 Å². The van der Waals surface area contributed by atoms with Crippen molar-refractivity contribution in [2.24, 2.45) is 0 Å². The highest BCUT2D eigenvalue weighted by Gasteiger charge is 2.15. The molecule has 0 spiro atoms. The Morgan fingerprint density at radius 1 is 1.11 bits per heavy atom. The van der Waals surface area contributed by atoms with Crippen molar-refractivity contribution in [1.82, 2.24) is 5.32 Å². The Labute approximate surface area is 129 Å². The SMILES string of the molecule is C[Si](C)(C)c1ccc(CNCc2cc(Br)cs2)cc1. The zero-order valence-corrected chi connectivity index (χ0v) is 15.1. The van der Waals surface area contributed by atoms with E-state index in [1.807, 2.05) is 0 Å². The van der Waals surface area contributed by atoms with Crippen LogP contribution in [0.3, 0.4) is 0 Å². The smallest absolute Gasteiger partial charge is 0.0775 e. The Kier molecular flexibility index (Phi) is 5.01. The first-order chi connectivity index (χ1) is 8.95. The molecule has 2 rings (SSSR count). The van der Waals surface area contributed by atoms with E-state index in [0.717, 1.165) is 13.1 Å². The van der Waals surface area contributed by atoms with Gasteiger partial charge in [0.15, 0.2) is 0 Å². The largest absolute Gasteiger partial charge is 0.308 e. The van der Waals surface area contributed by atoms with Gasteiger partial charge in [-0.15, -0.1) is 11.3 Å². The lowest BCUT2D eigenvalue weighted by atomic mass is 10.2. The number of rotatable bonds is 5. The Hall–Kier alpha value is -0.423. The minimum absolute atomic E-state index is 0.932. The standard InChI is InChI=1S/C15H20BrNSSi/c1-19(2,3)15-6-4-12(5-7-15)9-17-10-14-8-13(16)11-18-14/h4-8,11,17H,9-10H2,1-3H3. The maximum absolute atomic E-state index is 3.49. The van der Waals surface area contributed by atoms with Crippen molar-refractivity contribution >= 4 is 40.5 Å². The highest BCUT2D eigenvalue weighted by atomic mass is 79.9. The topological polar surface area (TPSA) is 12.0 Å². The minimum Gasteiger partial charge on any atom is -0.308 e. The first kappa shape index (κ1) is 15.0. The molecule has 1 heterocycles. The predicted molar refractivity (Wildman–Crippen MR) is 92.0 cm³/mol. The predicted octanol–water partition coefficient (Wildman–Crippen LogP) is 4.35. The van der Waals surface area contributed by atoms with E-state index in [1.165, 1.54) is 20.1 Å². The molecule has 102 valence electrons. The molecule has 1 N–H and O–H groups in total. The lowest BCUT2D eigenvalue weighted by Crippen LogP contribution is -2.37. The summed E-state index contributed by atoms with van der Waals surface area (Å²) in [4.78, 5) is 1.37. The Morgan fingerprint density at radius 2 is 1.79 bits per heavy atom. The zero-order chi connectivity index (χ0) is 13.9. The molecule has 2 aromatic rings. The Balaban J connectivity index is 1.86. The van der Waals surface area contributed by atoms with E-state index in [4.69, 9.17) is 0 Å². The lowest BCUT2D eigenvalue weighted by Gasteiger charge is -2.16.